The third-order valence-corrected chi connectivity index (χ3v) is 2.79. The smallest absolute Gasteiger partial charge is 0.306 e. The van der Waals surface area contributed by atoms with Crippen molar-refractivity contribution in [2.75, 3.05) is 12.9 Å². The molecule has 0 saturated heterocycles. The van der Waals surface area contributed by atoms with Gasteiger partial charge in [-0.25, -0.2) is 0 Å². The molecule has 4 nitrogen and oxygen atoms in total. The zero-order valence-electron chi connectivity index (χ0n) is 9.70. The van der Waals surface area contributed by atoms with Gasteiger partial charge in [-0.05, 0) is 13.8 Å². The van der Waals surface area contributed by atoms with Crippen molar-refractivity contribution in [2.24, 2.45) is 0 Å². The zero-order valence-corrected chi connectivity index (χ0v) is 10.5. The Kier molecular flexibility index (Phi) is 7.21. The standard InChI is InChI=1S/C10H19NO3S/c1-7(2)11-9(12)6-15-8(3)5-10(13)14-4/h7-8H,5-6H2,1-4H3,(H,11,12). The van der Waals surface area contributed by atoms with Crippen LogP contribution in [0, 0.1) is 0 Å². The third kappa shape index (κ3) is 8.30. The minimum Gasteiger partial charge on any atom is -0.469 e. The lowest BCUT2D eigenvalue weighted by Crippen LogP contribution is -2.32. The molecule has 1 atom stereocenters. The van der Waals surface area contributed by atoms with Crippen LogP contribution in [0.5, 0.6) is 0 Å². The summed E-state index contributed by atoms with van der Waals surface area (Å²) < 4.78 is 4.54. The van der Waals surface area contributed by atoms with E-state index in [1.807, 2.05) is 20.8 Å². The van der Waals surface area contributed by atoms with Crippen molar-refractivity contribution in [1.29, 1.82) is 0 Å². The summed E-state index contributed by atoms with van der Waals surface area (Å²) in [4.78, 5) is 22.2. The fraction of sp³-hybridized carbons (Fsp3) is 0.800. The molecule has 0 radical (unpaired) electrons. The summed E-state index contributed by atoms with van der Waals surface area (Å²) in [6.07, 6.45) is 0.343. The summed E-state index contributed by atoms with van der Waals surface area (Å²) in [7, 11) is 1.37. The second-order valence-electron chi connectivity index (χ2n) is 3.62. The molecule has 0 spiro atoms. The summed E-state index contributed by atoms with van der Waals surface area (Å²) in [5, 5.41) is 2.90. The Labute approximate surface area is 95.1 Å². The molecule has 0 aromatic rings. The topological polar surface area (TPSA) is 55.4 Å². The van der Waals surface area contributed by atoms with Gasteiger partial charge >= 0.3 is 5.97 Å². The van der Waals surface area contributed by atoms with Crippen LogP contribution in [0.2, 0.25) is 0 Å². The average molecular weight is 233 g/mol. The molecule has 88 valence electrons. The van der Waals surface area contributed by atoms with Crippen molar-refractivity contribution in [3.05, 3.63) is 0 Å². The lowest BCUT2D eigenvalue weighted by Gasteiger charge is -2.11. The molecule has 0 rings (SSSR count). The van der Waals surface area contributed by atoms with Gasteiger partial charge in [-0.2, -0.15) is 0 Å². The lowest BCUT2D eigenvalue weighted by atomic mass is 10.3. The Morgan fingerprint density at radius 1 is 1.33 bits per heavy atom. The molecule has 0 aromatic carbocycles. The fourth-order valence-electron chi connectivity index (χ4n) is 0.959. The van der Waals surface area contributed by atoms with Gasteiger partial charge in [-0.15, -0.1) is 11.8 Å². The molecule has 0 bridgehead atoms. The van der Waals surface area contributed by atoms with Crippen LogP contribution >= 0.6 is 11.8 Å². The number of carbonyl (C=O) groups is 2. The monoisotopic (exact) mass is 233 g/mol. The highest BCUT2D eigenvalue weighted by molar-refractivity contribution is 8.00. The van der Waals surface area contributed by atoms with E-state index in [1.165, 1.54) is 18.9 Å². The van der Waals surface area contributed by atoms with Crippen LogP contribution in [0.3, 0.4) is 0 Å². The van der Waals surface area contributed by atoms with E-state index in [0.29, 0.717) is 12.2 Å². The number of rotatable bonds is 6. The van der Waals surface area contributed by atoms with Crippen LogP contribution in [0.15, 0.2) is 0 Å². The van der Waals surface area contributed by atoms with Gasteiger partial charge in [0.1, 0.15) is 0 Å². The van der Waals surface area contributed by atoms with Crippen LogP contribution in [-0.2, 0) is 14.3 Å². The van der Waals surface area contributed by atoms with E-state index in [4.69, 9.17) is 0 Å². The predicted molar refractivity (Wildman–Crippen MR) is 61.8 cm³/mol. The molecule has 15 heavy (non-hydrogen) atoms. The maximum absolute atomic E-state index is 11.3. The molecule has 0 heterocycles. The first kappa shape index (κ1) is 14.3. The van der Waals surface area contributed by atoms with Crippen molar-refractivity contribution >= 4 is 23.6 Å². The van der Waals surface area contributed by atoms with Gasteiger partial charge in [0.15, 0.2) is 0 Å². The summed E-state index contributed by atoms with van der Waals surface area (Å²) in [6.45, 7) is 5.74. The van der Waals surface area contributed by atoms with Crippen molar-refractivity contribution in [3.63, 3.8) is 0 Å². The van der Waals surface area contributed by atoms with Gasteiger partial charge in [0.25, 0.3) is 0 Å². The van der Waals surface area contributed by atoms with Gasteiger partial charge in [0, 0.05) is 11.3 Å². The molecule has 1 amide bonds. The quantitative estimate of drug-likeness (QED) is 0.700. The fourth-order valence-corrected chi connectivity index (χ4v) is 1.73. The Balaban J connectivity index is 3.66. The van der Waals surface area contributed by atoms with Crippen molar-refractivity contribution in [1.82, 2.24) is 5.32 Å². The molecule has 0 aromatic heterocycles. The number of hydrogen-bond acceptors (Lipinski definition) is 4. The first-order chi connectivity index (χ1) is 6.95. The van der Waals surface area contributed by atoms with E-state index in [1.54, 1.807) is 0 Å². The molecular weight excluding hydrogens is 214 g/mol. The molecular formula is C10H19NO3S. The second-order valence-corrected chi connectivity index (χ2v) is 5.05. The molecule has 0 aliphatic carbocycles. The summed E-state index contributed by atoms with van der Waals surface area (Å²) in [6, 6.07) is 0.161. The Hall–Kier alpha value is -0.710. The van der Waals surface area contributed by atoms with E-state index in [-0.39, 0.29) is 23.2 Å². The molecule has 0 aliphatic heterocycles. The zero-order chi connectivity index (χ0) is 11.8. The van der Waals surface area contributed by atoms with Gasteiger partial charge in [-0.3, -0.25) is 9.59 Å². The maximum Gasteiger partial charge on any atom is 0.306 e. The first-order valence-electron chi connectivity index (χ1n) is 4.93. The van der Waals surface area contributed by atoms with Gasteiger partial charge in [-0.1, -0.05) is 6.92 Å². The highest BCUT2D eigenvalue weighted by Crippen LogP contribution is 2.14. The third-order valence-electron chi connectivity index (χ3n) is 1.63. The van der Waals surface area contributed by atoms with Crippen molar-refractivity contribution in [3.8, 4) is 0 Å². The van der Waals surface area contributed by atoms with Crippen LogP contribution in [-0.4, -0.2) is 36.0 Å². The Bertz CT molecular complexity index is 219. The Morgan fingerprint density at radius 2 is 1.93 bits per heavy atom. The number of carbonyl (C=O) groups excluding carboxylic acids is 2. The minimum absolute atomic E-state index is 0.00622. The number of thioether (sulfide) groups is 1. The largest absolute Gasteiger partial charge is 0.469 e. The number of hydrogen-bond donors (Lipinski definition) is 1. The van der Waals surface area contributed by atoms with E-state index in [0.717, 1.165) is 0 Å². The number of ether oxygens (including phenoxy) is 1. The van der Waals surface area contributed by atoms with E-state index < -0.39 is 0 Å². The van der Waals surface area contributed by atoms with Gasteiger partial charge in [0.2, 0.25) is 5.91 Å². The van der Waals surface area contributed by atoms with Crippen molar-refractivity contribution in [2.45, 2.75) is 38.5 Å². The van der Waals surface area contributed by atoms with Crippen LogP contribution < -0.4 is 5.32 Å². The molecule has 1 unspecified atom stereocenters. The first-order valence-corrected chi connectivity index (χ1v) is 5.98. The predicted octanol–water partition coefficient (Wildman–Crippen LogP) is 1.20. The molecule has 0 aliphatic rings. The van der Waals surface area contributed by atoms with Gasteiger partial charge < -0.3 is 10.1 Å². The summed E-state index contributed by atoms with van der Waals surface area (Å²) in [5.41, 5.74) is 0. The number of methoxy groups -OCH3 is 1. The highest BCUT2D eigenvalue weighted by Gasteiger charge is 2.11. The van der Waals surface area contributed by atoms with Crippen LogP contribution in [0.4, 0.5) is 0 Å². The lowest BCUT2D eigenvalue weighted by molar-refractivity contribution is -0.140. The van der Waals surface area contributed by atoms with Gasteiger partial charge in [0.05, 0.1) is 19.3 Å². The molecule has 0 fully saturated rings. The van der Waals surface area contributed by atoms with E-state index >= 15 is 0 Å². The summed E-state index contributed by atoms with van der Waals surface area (Å²) >= 11 is 1.46. The second kappa shape index (κ2) is 7.56. The van der Waals surface area contributed by atoms with E-state index in [2.05, 4.69) is 10.1 Å². The molecule has 1 N–H and O–H groups in total. The van der Waals surface area contributed by atoms with E-state index in [9.17, 15) is 9.59 Å². The number of nitrogens with one attached hydrogen (secondary N) is 1. The van der Waals surface area contributed by atoms with Crippen molar-refractivity contribution < 1.29 is 14.3 Å². The highest BCUT2D eigenvalue weighted by atomic mass is 32.2. The minimum atomic E-state index is -0.237. The molecule has 0 saturated carbocycles. The summed E-state index contributed by atoms with van der Waals surface area (Å²) in [5.74, 6) is 0.155. The Morgan fingerprint density at radius 3 is 2.40 bits per heavy atom. The average Bonchev–Trinajstić information content (AvgIpc) is 2.13. The maximum atomic E-state index is 11.3. The molecule has 5 heteroatoms. The number of amides is 1. The SMILES string of the molecule is COC(=O)CC(C)SCC(=O)NC(C)C. The van der Waals surface area contributed by atoms with Crippen LogP contribution in [0.25, 0.3) is 0 Å². The van der Waals surface area contributed by atoms with Crippen LogP contribution in [0.1, 0.15) is 27.2 Å². The normalized spacial score (nSPS) is 12.3. The number of esters is 1.